The fraction of sp³-hybridized carbons (Fsp3) is 0.513. The summed E-state index contributed by atoms with van der Waals surface area (Å²) in [6, 6.07) is 11.2. The predicted molar refractivity (Wildman–Crippen MR) is 202 cm³/mol. The van der Waals surface area contributed by atoms with Crippen LogP contribution in [0.2, 0.25) is 10.0 Å². The Labute approximate surface area is 325 Å². The SMILES string of the molecule is CC(C)[C@H](NC(=O)CCC(=O)OC(C)(C)C)C1=NOC(Cc2ccccc2)(C(=O)N[C@@H](CC(=O)OC(C)(C)C)C(=O)COC(=O)c2c(Cl)cccc2Cl)C1. The summed E-state index contributed by atoms with van der Waals surface area (Å²) < 4.78 is 16.0. The van der Waals surface area contributed by atoms with E-state index >= 15 is 0 Å². The predicted octanol–water partition coefficient (Wildman–Crippen LogP) is 5.96. The number of halogens is 2. The molecule has 0 aliphatic carbocycles. The number of carbonyl (C=O) groups excluding carboxylic acids is 6. The van der Waals surface area contributed by atoms with Crippen molar-refractivity contribution in [2.75, 3.05) is 6.61 Å². The van der Waals surface area contributed by atoms with Gasteiger partial charge in [-0.1, -0.05) is 78.6 Å². The van der Waals surface area contributed by atoms with Crippen LogP contribution in [0, 0.1) is 5.92 Å². The summed E-state index contributed by atoms with van der Waals surface area (Å²) in [5.41, 5.74) is -2.42. The quantitative estimate of drug-likeness (QED) is 0.153. The van der Waals surface area contributed by atoms with Crippen LogP contribution in [0.25, 0.3) is 0 Å². The van der Waals surface area contributed by atoms with Crippen LogP contribution in [0.15, 0.2) is 53.7 Å². The van der Waals surface area contributed by atoms with Crippen molar-refractivity contribution >= 4 is 64.4 Å². The number of nitrogens with zero attached hydrogens (tertiary/aromatic N) is 1. The molecule has 2 aromatic carbocycles. The zero-order valence-electron chi connectivity index (χ0n) is 31.9. The lowest BCUT2D eigenvalue weighted by molar-refractivity contribution is -0.157. The second-order valence-electron chi connectivity index (χ2n) is 15.3. The molecule has 0 saturated heterocycles. The second-order valence-corrected chi connectivity index (χ2v) is 16.2. The van der Waals surface area contributed by atoms with Crippen molar-refractivity contribution in [2.45, 2.75) is 116 Å². The first kappa shape index (κ1) is 43.9. The molecule has 13 nitrogen and oxygen atoms in total. The summed E-state index contributed by atoms with van der Waals surface area (Å²) in [4.78, 5) is 85.0. The molecule has 3 rings (SSSR count). The summed E-state index contributed by atoms with van der Waals surface area (Å²) in [5.74, 6) is -4.54. The minimum Gasteiger partial charge on any atom is -0.460 e. The number of esters is 3. The molecule has 0 fully saturated rings. The molecule has 15 heteroatoms. The van der Waals surface area contributed by atoms with E-state index in [1.165, 1.54) is 18.2 Å². The van der Waals surface area contributed by atoms with Crippen LogP contribution in [0.1, 0.15) is 97.0 Å². The number of amides is 2. The van der Waals surface area contributed by atoms with Gasteiger partial charge in [0.2, 0.25) is 11.5 Å². The maximum absolute atomic E-state index is 14.4. The van der Waals surface area contributed by atoms with Crippen molar-refractivity contribution in [1.82, 2.24) is 10.6 Å². The van der Waals surface area contributed by atoms with Gasteiger partial charge in [-0.3, -0.25) is 24.0 Å². The van der Waals surface area contributed by atoms with E-state index in [1.807, 2.05) is 19.9 Å². The Bertz CT molecular complexity index is 1710. The molecule has 0 aromatic heterocycles. The number of ether oxygens (including phenoxy) is 3. The van der Waals surface area contributed by atoms with Crippen molar-refractivity contribution in [3.05, 3.63) is 69.7 Å². The van der Waals surface area contributed by atoms with E-state index < -0.39 is 77.4 Å². The van der Waals surface area contributed by atoms with Crippen LogP contribution in [0.4, 0.5) is 0 Å². The third kappa shape index (κ3) is 13.4. The largest absolute Gasteiger partial charge is 0.460 e. The zero-order chi connectivity index (χ0) is 40.4. The van der Waals surface area contributed by atoms with E-state index in [0.717, 1.165) is 0 Å². The number of hydrogen-bond donors (Lipinski definition) is 2. The minimum atomic E-state index is -1.72. The molecule has 2 aromatic rings. The van der Waals surface area contributed by atoms with Gasteiger partial charge in [0, 0.05) is 19.3 Å². The third-order valence-corrected chi connectivity index (χ3v) is 8.50. The fourth-order valence-electron chi connectivity index (χ4n) is 5.47. The molecule has 0 spiro atoms. The molecular weight excluding hydrogens is 741 g/mol. The van der Waals surface area contributed by atoms with Gasteiger partial charge >= 0.3 is 17.9 Å². The lowest BCUT2D eigenvalue weighted by Gasteiger charge is -2.29. The van der Waals surface area contributed by atoms with Crippen molar-refractivity contribution in [3.63, 3.8) is 0 Å². The summed E-state index contributed by atoms with van der Waals surface area (Å²) in [6.45, 7) is 13.0. The van der Waals surface area contributed by atoms with Crippen molar-refractivity contribution < 1.29 is 47.8 Å². The molecule has 0 saturated carbocycles. The number of carbonyl (C=O) groups is 6. The van der Waals surface area contributed by atoms with Crippen molar-refractivity contribution in [2.24, 2.45) is 11.1 Å². The highest BCUT2D eigenvalue weighted by Crippen LogP contribution is 2.32. The molecular formula is C39H49Cl2N3O10. The Morgan fingerprint density at radius 3 is 2.00 bits per heavy atom. The van der Waals surface area contributed by atoms with Gasteiger partial charge in [-0.2, -0.15) is 0 Å². The molecule has 294 valence electrons. The van der Waals surface area contributed by atoms with E-state index in [0.29, 0.717) is 11.3 Å². The van der Waals surface area contributed by atoms with Gasteiger partial charge in [-0.25, -0.2) is 4.79 Å². The highest BCUT2D eigenvalue weighted by molar-refractivity contribution is 6.39. The lowest BCUT2D eigenvalue weighted by atomic mass is 9.84. The van der Waals surface area contributed by atoms with Gasteiger partial charge < -0.3 is 29.7 Å². The number of benzene rings is 2. The number of rotatable bonds is 16. The fourth-order valence-corrected chi connectivity index (χ4v) is 6.02. The first-order valence-corrected chi connectivity index (χ1v) is 18.3. The van der Waals surface area contributed by atoms with Crippen LogP contribution in [0.5, 0.6) is 0 Å². The first-order chi connectivity index (χ1) is 25.1. The van der Waals surface area contributed by atoms with Crippen LogP contribution in [-0.4, -0.2) is 76.7 Å². The molecule has 1 unspecified atom stereocenters. The topological polar surface area (TPSA) is 176 Å². The summed E-state index contributed by atoms with van der Waals surface area (Å²) in [5, 5.41) is 9.83. The van der Waals surface area contributed by atoms with Crippen molar-refractivity contribution in [3.8, 4) is 0 Å². The molecule has 1 heterocycles. The van der Waals surface area contributed by atoms with Gasteiger partial charge in [0.15, 0.2) is 12.4 Å². The minimum absolute atomic E-state index is 0.00256. The molecule has 1 aliphatic heterocycles. The highest BCUT2D eigenvalue weighted by Gasteiger charge is 2.49. The van der Waals surface area contributed by atoms with E-state index in [-0.39, 0.29) is 47.2 Å². The van der Waals surface area contributed by atoms with Gasteiger partial charge in [0.25, 0.3) is 5.91 Å². The Morgan fingerprint density at radius 1 is 0.833 bits per heavy atom. The van der Waals surface area contributed by atoms with Gasteiger partial charge in [-0.15, -0.1) is 0 Å². The van der Waals surface area contributed by atoms with E-state index in [9.17, 15) is 28.8 Å². The maximum Gasteiger partial charge on any atom is 0.341 e. The standard InChI is InChI=1S/C39H49Cl2N3O10/c1-23(2)34(43-30(46)17-18-31(47)52-37(3,4)5)28-21-39(54-44-28,20-24-13-10-9-11-14-24)36(50)42-27(19-32(48)53-38(6,7)8)29(45)22-51-35(49)33-25(40)15-12-16-26(33)41/h9-16,23,27,34H,17-22H2,1-8H3,(H,42,50)(H,43,46)/t27-,34-,39?/m0/s1. The Kier molecular flexibility index (Phi) is 15.2. The molecule has 2 amide bonds. The smallest absolute Gasteiger partial charge is 0.341 e. The van der Waals surface area contributed by atoms with E-state index in [4.69, 9.17) is 42.3 Å². The average Bonchev–Trinajstić information content (AvgIpc) is 3.48. The van der Waals surface area contributed by atoms with Crippen LogP contribution in [0.3, 0.4) is 0 Å². The lowest BCUT2D eigenvalue weighted by Crippen LogP contribution is -2.55. The number of oxime groups is 1. The summed E-state index contributed by atoms with van der Waals surface area (Å²) in [6.07, 6.45) is -0.966. The van der Waals surface area contributed by atoms with Crippen LogP contribution in [-0.2, 0) is 49.4 Å². The van der Waals surface area contributed by atoms with Crippen LogP contribution < -0.4 is 10.6 Å². The monoisotopic (exact) mass is 789 g/mol. The van der Waals surface area contributed by atoms with Crippen molar-refractivity contribution in [1.29, 1.82) is 0 Å². The maximum atomic E-state index is 14.4. The Balaban J connectivity index is 1.86. The normalized spacial score (nSPS) is 16.7. The Morgan fingerprint density at radius 2 is 1.43 bits per heavy atom. The van der Waals surface area contributed by atoms with Gasteiger partial charge in [-0.05, 0) is 65.2 Å². The summed E-state index contributed by atoms with van der Waals surface area (Å²) >= 11 is 12.3. The molecule has 3 atom stereocenters. The zero-order valence-corrected chi connectivity index (χ0v) is 33.4. The van der Waals surface area contributed by atoms with Gasteiger partial charge in [0.05, 0.1) is 40.2 Å². The third-order valence-electron chi connectivity index (χ3n) is 7.87. The molecule has 0 radical (unpaired) electrons. The molecule has 1 aliphatic rings. The van der Waals surface area contributed by atoms with E-state index in [2.05, 4.69) is 15.8 Å². The van der Waals surface area contributed by atoms with Crippen LogP contribution >= 0.6 is 23.2 Å². The van der Waals surface area contributed by atoms with E-state index in [1.54, 1.807) is 65.8 Å². The molecule has 0 bridgehead atoms. The second kappa shape index (κ2) is 18.7. The Hall–Kier alpha value is -4.49. The van der Waals surface area contributed by atoms with Gasteiger partial charge in [0.1, 0.15) is 17.2 Å². The number of nitrogens with one attached hydrogen (secondary N) is 2. The molecule has 2 N–H and O–H groups in total. The highest BCUT2D eigenvalue weighted by atomic mass is 35.5. The average molecular weight is 791 g/mol. The first-order valence-electron chi connectivity index (χ1n) is 17.6. The number of hydrogen-bond acceptors (Lipinski definition) is 11. The molecule has 54 heavy (non-hydrogen) atoms. The number of ketones is 1. The summed E-state index contributed by atoms with van der Waals surface area (Å²) in [7, 11) is 0. The number of Topliss-reactive ketones (excluding diaryl/α,β-unsaturated/α-hetero) is 1.